The highest BCUT2D eigenvalue weighted by molar-refractivity contribution is 7.98. The van der Waals surface area contributed by atoms with Crippen molar-refractivity contribution >= 4 is 17.4 Å². The molecular weight excluding hydrogens is 228 g/mol. The molecule has 1 fully saturated rings. The molecule has 2 rings (SSSR count). The summed E-state index contributed by atoms with van der Waals surface area (Å²) in [4.78, 5) is 3.35. The molecule has 1 aliphatic carbocycles. The molecule has 0 unspecified atom stereocenters. The summed E-state index contributed by atoms with van der Waals surface area (Å²) < 4.78 is 0. The first-order valence-corrected chi connectivity index (χ1v) is 6.99. The fourth-order valence-corrected chi connectivity index (χ4v) is 2.58. The van der Waals surface area contributed by atoms with Gasteiger partial charge in [0.1, 0.15) is 6.07 Å². The van der Waals surface area contributed by atoms with E-state index in [1.165, 1.54) is 12.8 Å². The molecule has 0 saturated heterocycles. The third-order valence-corrected chi connectivity index (χ3v) is 3.74. The number of nitriles is 1. The monoisotopic (exact) mass is 244 g/mol. The second kappa shape index (κ2) is 5.29. The first kappa shape index (κ1) is 12.1. The van der Waals surface area contributed by atoms with Gasteiger partial charge in [-0.2, -0.15) is 5.26 Å². The van der Waals surface area contributed by atoms with Crippen molar-refractivity contribution < 1.29 is 0 Å². The van der Waals surface area contributed by atoms with E-state index in [9.17, 15) is 5.26 Å². The van der Waals surface area contributed by atoms with Crippen LogP contribution in [0.1, 0.15) is 18.4 Å². The second-order valence-corrected chi connectivity index (χ2v) is 4.99. The smallest absolute Gasteiger partial charge is 0.103 e. The summed E-state index contributed by atoms with van der Waals surface area (Å²) in [5.41, 5.74) is 1.86. The molecule has 2 nitrogen and oxygen atoms in total. The van der Waals surface area contributed by atoms with E-state index in [0.717, 1.165) is 22.7 Å². The second-order valence-electron chi connectivity index (χ2n) is 4.14. The van der Waals surface area contributed by atoms with E-state index in [1.807, 2.05) is 30.5 Å². The van der Waals surface area contributed by atoms with Crippen molar-refractivity contribution in [3.63, 3.8) is 0 Å². The molecule has 1 saturated carbocycles. The van der Waals surface area contributed by atoms with Crippen LogP contribution in [0.25, 0.3) is 0 Å². The van der Waals surface area contributed by atoms with E-state index in [4.69, 9.17) is 0 Å². The lowest BCUT2D eigenvalue weighted by molar-refractivity contribution is 0.858. The van der Waals surface area contributed by atoms with Gasteiger partial charge in [0, 0.05) is 17.5 Å². The lowest BCUT2D eigenvalue weighted by Crippen LogP contribution is -2.26. The van der Waals surface area contributed by atoms with Crippen molar-refractivity contribution in [3.05, 3.63) is 36.4 Å². The maximum atomic E-state index is 9.33. The Labute approximate surface area is 107 Å². The van der Waals surface area contributed by atoms with Crippen LogP contribution in [-0.4, -0.2) is 18.8 Å². The molecule has 0 atom stereocenters. The van der Waals surface area contributed by atoms with Crippen LogP contribution in [0, 0.1) is 11.3 Å². The Morgan fingerprint density at radius 3 is 2.88 bits per heavy atom. The normalized spacial score (nSPS) is 14.1. The zero-order valence-corrected chi connectivity index (χ0v) is 10.8. The Morgan fingerprint density at radius 1 is 1.59 bits per heavy atom. The van der Waals surface area contributed by atoms with Crippen LogP contribution in [0.4, 0.5) is 5.69 Å². The van der Waals surface area contributed by atoms with Gasteiger partial charge in [-0.25, -0.2) is 0 Å². The van der Waals surface area contributed by atoms with Gasteiger partial charge in [0.05, 0.1) is 11.3 Å². The molecule has 0 N–H and O–H groups in total. The van der Waals surface area contributed by atoms with Gasteiger partial charge in [0.2, 0.25) is 0 Å². The fourth-order valence-electron chi connectivity index (χ4n) is 2.01. The number of hydrogen-bond acceptors (Lipinski definition) is 3. The molecule has 0 aromatic heterocycles. The van der Waals surface area contributed by atoms with Crippen molar-refractivity contribution in [2.75, 3.05) is 17.7 Å². The Balaban J connectivity index is 2.41. The number of rotatable bonds is 5. The van der Waals surface area contributed by atoms with Crippen molar-refractivity contribution in [2.45, 2.75) is 23.8 Å². The molecule has 1 aromatic carbocycles. The molecule has 88 valence electrons. The van der Waals surface area contributed by atoms with E-state index in [-0.39, 0.29) is 0 Å². The average molecular weight is 244 g/mol. The number of thioether (sulfide) groups is 1. The molecule has 3 heteroatoms. The molecule has 0 aliphatic heterocycles. The predicted molar refractivity (Wildman–Crippen MR) is 73.5 cm³/mol. The highest BCUT2D eigenvalue weighted by Crippen LogP contribution is 2.36. The van der Waals surface area contributed by atoms with E-state index >= 15 is 0 Å². The summed E-state index contributed by atoms with van der Waals surface area (Å²) in [5.74, 6) is 0. The quantitative estimate of drug-likeness (QED) is 0.586. The summed E-state index contributed by atoms with van der Waals surface area (Å²) in [7, 11) is 0. The third-order valence-electron chi connectivity index (χ3n) is 2.96. The largest absolute Gasteiger partial charge is 0.364 e. The summed E-state index contributed by atoms with van der Waals surface area (Å²) in [6.45, 7) is 4.62. The minimum atomic E-state index is 0.595. The molecule has 0 bridgehead atoms. The van der Waals surface area contributed by atoms with E-state index in [2.05, 4.69) is 17.5 Å². The number of anilines is 1. The van der Waals surface area contributed by atoms with Crippen LogP contribution in [-0.2, 0) is 0 Å². The van der Waals surface area contributed by atoms with Crippen molar-refractivity contribution in [3.8, 4) is 6.07 Å². The van der Waals surface area contributed by atoms with Gasteiger partial charge >= 0.3 is 0 Å². The molecule has 0 heterocycles. The van der Waals surface area contributed by atoms with Crippen LogP contribution in [0.3, 0.4) is 0 Å². The van der Waals surface area contributed by atoms with Gasteiger partial charge in [0.15, 0.2) is 0 Å². The lowest BCUT2D eigenvalue weighted by Gasteiger charge is -2.24. The first-order valence-electron chi connectivity index (χ1n) is 5.76. The zero-order valence-electron chi connectivity index (χ0n) is 10.0. The number of benzene rings is 1. The Morgan fingerprint density at radius 2 is 2.35 bits per heavy atom. The van der Waals surface area contributed by atoms with Crippen molar-refractivity contribution in [1.82, 2.24) is 0 Å². The molecule has 1 aromatic rings. The SMILES string of the molecule is C=CCN(c1cccc(SC)c1C#N)C1CC1. The van der Waals surface area contributed by atoms with Gasteiger partial charge < -0.3 is 4.90 Å². The van der Waals surface area contributed by atoms with Crippen LogP contribution in [0.15, 0.2) is 35.7 Å². The van der Waals surface area contributed by atoms with Crippen LogP contribution >= 0.6 is 11.8 Å². The molecule has 0 radical (unpaired) electrons. The van der Waals surface area contributed by atoms with E-state index in [1.54, 1.807) is 11.8 Å². The Kier molecular flexibility index (Phi) is 3.75. The fraction of sp³-hybridized carbons (Fsp3) is 0.357. The molecule has 0 amide bonds. The first-order chi connectivity index (χ1) is 8.31. The van der Waals surface area contributed by atoms with Crippen molar-refractivity contribution in [1.29, 1.82) is 5.26 Å². The predicted octanol–water partition coefficient (Wildman–Crippen LogP) is 3.43. The topological polar surface area (TPSA) is 27.0 Å². The maximum Gasteiger partial charge on any atom is 0.103 e. The van der Waals surface area contributed by atoms with Gasteiger partial charge in [-0.05, 0) is 31.2 Å². The van der Waals surface area contributed by atoms with Gasteiger partial charge in [-0.1, -0.05) is 12.1 Å². The average Bonchev–Trinajstić information content (AvgIpc) is 3.19. The Hall–Kier alpha value is -1.40. The summed E-state index contributed by atoms with van der Waals surface area (Å²) >= 11 is 1.63. The molecule has 17 heavy (non-hydrogen) atoms. The molecular formula is C14H16N2S. The summed E-state index contributed by atoms with van der Waals surface area (Å²) in [6, 6.07) is 9.01. The number of nitrogens with zero attached hydrogens (tertiary/aromatic N) is 2. The lowest BCUT2D eigenvalue weighted by atomic mass is 10.1. The maximum absolute atomic E-state index is 9.33. The summed E-state index contributed by atoms with van der Waals surface area (Å²) in [6.07, 6.45) is 6.37. The minimum absolute atomic E-state index is 0.595. The van der Waals surface area contributed by atoms with E-state index < -0.39 is 0 Å². The highest BCUT2D eigenvalue weighted by Gasteiger charge is 2.30. The van der Waals surface area contributed by atoms with Gasteiger partial charge in [-0.15, -0.1) is 18.3 Å². The van der Waals surface area contributed by atoms with Crippen LogP contribution < -0.4 is 4.90 Å². The molecule has 0 spiro atoms. The van der Waals surface area contributed by atoms with Crippen LogP contribution in [0.2, 0.25) is 0 Å². The highest BCUT2D eigenvalue weighted by atomic mass is 32.2. The van der Waals surface area contributed by atoms with Gasteiger partial charge in [0.25, 0.3) is 0 Å². The third kappa shape index (κ3) is 2.48. The van der Waals surface area contributed by atoms with Crippen molar-refractivity contribution in [2.24, 2.45) is 0 Å². The Bertz CT molecular complexity index is 458. The minimum Gasteiger partial charge on any atom is -0.364 e. The van der Waals surface area contributed by atoms with Gasteiger partial charge in [-0.3, -0.25) is 0 Å². The number of hydrogen-bond donors (Lipinski definition) is 0. The van der Waals surface area contributed by atoms with E-state index in [0.29, 0.717) is 6.04 Å². The standard InChI is InChI=1S/C14H16N2S/c1-3-9-16(11-7-8-11)13-5-4-6-14(17-2)12(13)10-15/h3-6,11H,1,7-9H2,2H3. The summed E-state index contributed by atoms with van der Waals surface area (Å²) in [5, 5.41) is 9.33. The molecule has 1 aliphatic rings. The zero-order chi connectivity index (χ0) is 12.3. The van der Waals surface area contributed by atoms with Crippen LogP contribution in [0.5, 0.6) is 0 Å².